The Labute approximate surface area is 129 Å². The highest BCUT2D eigenvalue weighted by Gasteiger charge is 2.10. The molecular weight excluding hydrogens is 262 g/mol. The fourth-order valence-corrected chi connectivity index (χ4v) is 2.58. The molecule has 0 fully saturated rings. The van der Waals surface area contributed by atoms with Gasteiger partial charge >= 0.3 is 0 Å². The second-order valence-electron chi connectivity index (χ2n) is 6.16. The Bertz CT molecular complexity index is 369. The molecule has 0 amide bonds. The van der Waals surface area contributed by atoms with Gasteiger partial charge in [-0.25, -0.2) is 0 Å². The zero-order chi connectivity index (χ0) is 15.7. The predicted octanol–water partition coefficient (Wildman–Crippen LogP) is 3.23. The second kappa shape index (κ2) is 9.93. The summed E-state index contributed by atoms with van der Waals surface area (Å²) in [5.74, 6) is 1.01. The zero-order valence-corrected chi connectivity index (χ0v) is 13.7. The Balaban J connectivity index is 2.40. The third-order valence-corrected chi connectivity index (χ3v) is 3.99. The Morgan fingerprint density at radius 3 is 2.14 bits per heavy atom. The standard InChI is InChI=1S/C18H31NO2/c1-4-5-15(10-11-20)12-19-13-18(21)17-8-6-16(7-9-17)14(2)3/h6-9,14-15,18-21H,4-5,10-13H2,1-3H3. The van der Waals surface area contributed by atoms with Crippen LogP contribution in [-0.4, -0.2) is 29.9 Å². The van der Waals surface area contributed by atoms with Crippen molar-refractivity contribution in [1.29, 1.82) is 0 Å². The van der Waals surface area contributed by atoms with Crippen molar-refractivity contribution >= 4 is 0 Å². The number of nitrogens with one attached hydrogen (secondary N) is 1. The van der Waals surface area contributed by atoms with Crippen molar-refractivity contribution in [3.8, 4) is 0 Å². The van der Waals surface area contributed by atoms with Crippen LogP contribution in [0.5, 0.6) is 0 Å². The van der Waals surface area contributed by atoms with E-state index in [0.29, 0.717) is 18.4 Å². The van der Waals surface area contributed by atoms with Crippen LogP contribution in [0.25, 0.3) is 0 Å². The van der Waals surface area contributed by atoms with Crippen molar-refractivity contribution in [2.45, 2.75) is 52.1 Å². The molecule has 0 aliphatic carbocycles. The summed E-state index contributed by atoms with van der Waals surface area (Å²) < 4.78 is 0. The molecule has 0 saturated heterocycles. The molecular formula is C18H31NO2. The number of benzene rings is 1. The number of hydrogen-bond donors (Lipinski definition) is 3. The molecule has 2 unspecified atom stereocenters. The average Bonchev–Trinajstić information content (AvgIpc) is 2.47. The zero-order valence-electron chi connectivity index (χ0n) is 13.7. The molecule has 21 heavy (non-hydrogen) atoms. The largest absolute Gasteiger partial charge is 0.396 e. The summed E-state index contributed by atoms with van der Waals surface area (Å²) in [4.78, 5) is 0. The van der Waals surface area contributed by atoms with Gasteiger partial charge in [-0.15, -0.1) is 0 Å². The third-order valence-electron chi connectivity index (χ3n) is 3.99. The topological polar surface area (TPSA) is 52.5 Å². The molecule has 120 valence electrons. The molecule has 1 aromatic rings. The Morgan fingerprint density at radius 2 is 1.62 bits per heavy atom. The molecule has 0 saturated carbocycles. The highest BCUT2D eigenvalue weighted by molar-refractivity contribution is 5.26. The molecule has 0 aliphatic rings. The van der Waals surface area contributed by atoms with Gasteiger partial charge in [0.1, 0.15) is 0 Å². The SMILES string of the molecule is CCCC(CCO)CNCC(O)c1ccc(C(C)C)cc1. The fourth-order valence-electron chi connectivity index (χ4n) is 2.58. The minimum atomic E-state index is -0.470. The van der Waals surface area contributed by atoms with E-state index in [-0.39, 0.29) is 6.61 Å². The molecule has 3 N–H and O–H groups in total. The van der Waals surface area contributed by atoms with Crippen LogP contribution in [0.3, 0.4) is 0 Å². The van der Waals surface area contributed by atoms with E-state index in [2.05, 4.69) is 38.2 Å². The van der Waals surface area contributed by atoms with E-state index >= 15 is 0 Å². The molecule has 0 aliphatic heterocycles. The van der Waals surface area contributed by atoms with Gasteiger partial charge in [0.15, 0.2) is 0 Å². The van der Waals surface area contributed by atoms with Crippen LogP contribution >= 0.6 is 0 Å². The van der Waals surface area contributed by atoms with E-state index in [9.17, 15) is 5.11 Å². The monoisotopic (exact) mass is 293 g/mol. The molecule has 1 aromatic carbocycles. The number of aliphatic hydroxyl groups excluding tert-OH is 2. The van der Waals surface area contributed by atoms with Crippen LogP contribution in [0.4, 0.5) is 0 Å². The van der Waals surface area contributed by atoms with E-state index in [4.69, 9.17) is 5.11 Å². The van der Waals surface area contributed by atoms with Crippen LogP contribution in [0, 0.1) is 5.92 Å². The number of rotatable bonds is 10. The first-order valence-electron chi connectivity index (χ1n) is 8.18. The molecule has 0 spiro atoms. The van der Waals surface area contributed by atoms with E-state index < -0.39 is 6.10 Å². The normalized spacial score (nSPS) is 14.4. The first kappa shape index (κ1) is 18.1. The Morgan fingerprint density at radius 1 is 1.00 bits per heavy atom. The fraction of sp³-hybridized carbons (Fsp3) is 0.667. The van der Waals surface area contributed by atoms with Crippen LogP contribution in [0.2, 0.25) is 0 Å². The van der Waals surface area contributed by atoms with Gasteiger partial charge in [0.2, 0.25) is 0 Å². The minimum Gasteiger partial charge on any atom is -0.396 e. The summed E-state index contributed by atoms with van der Waals surface area (Å²) in [5, 5.41) is 22.6. The highest BCUT2D eigenvalue weighted by atomic mass is 16.3. The molecule has 0 bridgehead atoms. The maximum atomic E-state index is 10.2. The van der Waals surface area contributed by atoms with E-state index in [1.807, 2.05) is 12.1 Å². The van der Waals surface area contributed by atoms with Crippen molar-refractivity contribution < 1.29 is 10.2 Å². The van der Waals surface area contributed by atoms with Crippen molar-refractivity contribution in [3.63, 3.8) is 0 Å². The van der Waals surface area contributed by atoms with Crippen LogP contribution in [-0.2, 0) is 0 Å². The average molecular weight is 293 g/mol. The Kier molecular flexibility index (Phi) is 8.58. The van der Waals surface area contributed by atoms with Crippen LogP contribution in [0.15, 0.2) is 24.3 Å². The number of hydrogen-bond acceptors (Lipinski definition) is 3. The summed E-state index contributed by atoms with van der Waals surface area (Å²) >= 11 is 0. The van der Waals surface area contributed by atoms with Gasteiger partial charge in [-0.2, -0.15) is 0 Å². The predicted molar refractivity (Wildman–Crippen MR) is 88.5 cm³/mol. The maximum Gasteiger partial charge on any atom is 0.0914 e. The summed E-state index contributed by atoms with van der Waals surface area (Å²) in [5.41, 5.74) is 2.26. The lowest BCUT2D eigenvalue weighted by Crippen LogP contribution is -2.28. The van der Waals surface area contributed by atoms with Gasteiger partial charge in [0.05, 0.1) is 6.10 Å². The molecule has 3 nitrogen and oxygen atoms in total. The van der Waals surface area contributed by atoms with Gasteiger partial charge < -0.3 is 15.5 Å². The molecule has 2 atom stereocenters. The highest BCUT2D eigenvalue weighted by Crippen LogP contribution is 2.18. The number of aliphatic hydroxyl groups is 2. The van der Waals surface area contributed by atoms with Gasteiger partial charge in [0, 0.05) is 13.2 Å². The van der Waals surface area contributed by atoms with Crippen molar-refractivity contribution in [3.05, 3.63) is 35.4 Å². The first-order chi connectivity index (χ1) is 10.1. The van der Waals surface area contributed by atoms with E-state index in [0.717, 1.165) is 31.4 Å². The molecule has 3 heteroatoms. The van der Waals surface area contributed by atoms with E-state index in [1.54, 1.807) is 0 Å². The minimum absolute atomic E-state index is 0.242. The summed E-state index contributed by atoms with van der Waals surface area (Å²) in [7, 11) is 0. The third kappa shape index (κ3) is 6.60. The van der Waals surface area contributed by atoms with Crippen molar-refractivity contribution in [2.24, 2.45) is 5.92 Å². The molecule has 0 aromatic heterocycles. The lowest BCUT2D eigenvalue weighted by molar-refractivity contribution is 0.170. The van der Waals surface area contributed by atoms with Crippen molar-refractivity contribution in [1.82, 2.24) is 5.32 Å². The summed E-state index contributed by atoms with van der Waals surface area (Å²) in [6.07, 6.45) is 2.61. The first-order valence-corrected chi connectivity index (χ1v) is 8.18. The van der Waals surface area contributed by atoms with Crippen molar-refractivity contribution in [2.75, 3.05) is 19.7 Å². The van der Waals surface area contributed by atoms with E-state index in [1.165, 1.54) is 5.56 Å². The van der Waals surface area contributed by atoms with Crippen LogP contribution < -0.4 is 5.32 Å². The van der Waals surface area contributed by atoms with Gasteiger partial charge in [-0.1, -0.05) is 51.5 Å². The summed E-state index contributed by atoms with van der Waals surface area (Å²) in [6.45, 7) is 8.16. The quantitative estimate of drug-likeness (QED) is 0.621. The Hall–Kier alpha value is -0.900. The molecule has 0 radical (unpaired) electrons. The summed E-state index contributed by atoms with van der Waals surface area (Å²) in [6, 6.07) is 8.21. The lowest BCUT2D eigenvalue weighted by atomic mass is 9.99. The molecule has 1 rings (SSSR count). The van der Waals surface area contributed by atoms with Crippen LogP contribution in [0.1, 0.15) is 63.2 Å². The lowest BCUT2D eigenvalue weighted by Gasteiger charge is -2.18. The maximum absolute atomic E-state index is 10.2. The second-order valence-corrected chi connectivity index (χ2v) is 6.16. The molecule has 0 heterocycles. The van der Waals surface area contributed by atoms with Gasteiger partial charge in [-0.3, -0.25) is 0 Å². The van der Waals surface area contributed by atoms with Gasteiger partial charge in [-0.05, 0) is 42.3 Å². The van der Waals surface area contributed by atoms with Gasteiger partial charge in [0.25, 0.3) is 0 Å². The smallest absolute Gasteiger partial charge is 0.0914 e.